The number of esters is 1. The molecule has 2 aromatic rings. The van der Waals surface area contributed by atoms with Crippen molar-refractivity contribution in [1.29, 1.82) is 0 Å². The van der Waals surface area contributed by atoms with Crippen LogP contribution in [0.2, 0.25) is 0 Å². The van der Waals surface area contributed by atoms with Crippen molar-refractivity contribution in [3.8, 4) is 17.0 Å². The largest absolute Gasteiger partial charge is 0.507 e. The smallest absolute Gasteiger partial charge is 0.341 e. The molecule has 1 N–H and O–H groups in total. The Hall–Kier alpha value is -2.43. The molecule has 0 atom stereocenters. The maximum atomic E-state index is 11.3. The van der Waals surface area contributed by atoms with Gasteiger partial charge in [-0.05, 0) is 12.1 Å². The van der Waals surface area contributed by atoms with Gasteiger partial charge in [0, 0.05) is 18.0 Å². The van der Waals surface area contributed by atoms with Crippen molar-refractivity contribution >= 4 is 5.97 Å². The predicted molar refractivity (Wildman–Crippen MR) is 60.5 cm³/mol. The maximum Gasteiger partial charge on any atom is 0.341 e. The molecule has 0 saturated carbocycles. The van der Waals surface area contributed by atoms with Crippen LogP contribution in [-0.2, 0) is 4.74 Å². The highest BCUT2D eigenvalue weighted by atomic mass is 16.5. The summed E-state index contributed by atoms with van der Waals surface area (Å²) in [5, 5.41) is 9.71. The number of ether oxygens (including phenoxy) is 1. The van der Waals surface area contributed by atoms with Gasteiger partial charge in [0.2, 0.25) is 0 Å². The molecular formula is C12H10N2O3. The zero-order chi connectivity index (χ0) is 12.3. The van der Waals surface area contributed by atoms with Crippen molar-refractivity contribution in [3.05, 3.63) is 42.4 Å². The summed E-state index contributed by atoms with van der Waals surface area (Å²) >= 11 is 0. The molecule has 1 aromatic carbocycles. The van der Waals surface area contributed by atoms with Crippen LogP contribution in [-0.4, -0.2) is 28.2 Å². The van der Waals surface area contributed by atoms with E-state index in [0.29, 0.717) is 11.3 Å². The lowest BCUT2D eigenvalue weighted by atomic mass is 10.1. The Bertz CT molecular complexity index is 541. The van der Waals surface area contributed by atoms with Gasteiger partial charge in [0.25, 0.3) is 0 Å². The molecule has 5 nitrogen and oxygen atoms in total. The lowest BCUT2D eigenvalue weighted by Crippen LogP contribution is -2.01. The van der Waals surface area contributed by atoms with E-state index in [2.05, 4.69) is 14.7 Å². The molecule has 0 bridgehead atoms. The molecule has 17 heavy (non-hydrogen) atoms. The molecule has 0 spiro atoms. The molecule has 0 aliphatic heterocycles. The molecule has 0 unspecified atom stereocenters. The van der Waals surface area contributed by atoms with E-state index in [0.717, 1.165) is 0 Å². The summed E-state index contributed by atoms with van der Waals surface area (Å²) in [5.74, 6) is -0.715. The van der Waals surface area contributed by atoms with Crippen LogP contribution in [0.4, 0.5) is 0 Å². The summed E-state index contributed by atoms with van der Waals surface area (Å²) in [5.41, 5.74) is 1.43. The minimum Gasteiger partial charge on any atom is -0.507 e. The number of benzene rings is 1. The normalized spacial score (nSPS) is 9.94. The Morgan fingerprint density at radius 3 is 2.76 bits per heavy atom. The van der Waals surface area contributed by atoms with Gasteiger partial charge in [0.1, 0.15) is 11.3 Å². The van der Waals surface area contributed by atoms with E-state index in [1.807, 2.05) is 0 Å². The van der Waals surface area contributed by atoms with Crippen LogP contribution in [0.3, 0.4) is 0 Å². The molecule has 0 fully saturated rings. The van der Waals surface area contributed by atoms with E-state index in [-0.39, 0.29) is 11.3 Å². The molecule has 0 saturated heterocycles. The van der Waals surface area contributed by atoms with E-state index in [1.165, 1.54) is 19.2 Å². The van der Waals surface area contributed by atoms with Crippen LogP contribution in [0.5, 0.6) is 5.75 Å². The van der Waals surface area contributed by atoms with Crippen LogP contribution in [0.1, 0.15) is 10.4 Å². The minimum atomic E-state index is -0.576. The fourth-order valence-electron chi connectivity index (χ4n) is 1.42. The van der Waals surface area contributed by atoms with Crippen molar-refractivity contribution in [2.75, 3.05) is 7.11 Å². The molecule has 0 aliphatic rings. The highest BCUT2D eigenvalue weighted by molar-refractivity contribution is 5.93. The molecule has 0 aliphatic carbocycles. The third kappa shape index (κ3) is 2.23. The zero-order valence-electron chi connectivity index (χ0n) is 9.12. The fraction of sp³-hybridized carbons (Fsp3) is 0.0833. The average Bonchev–Trinajstić information content (AvgIpc) is 2.39. The Morgan fingerprint density at radius 1 is 1.35 bits per heavy atom. The number of carbonyl (C=O) groups excluding carboxylic acids is 1. The first-order valence-electron chi connectivity index (χ1n) is 4.90. The quantitative estimate of drug-likeness (QED) is 0.794. The summed E-state index contributed by atoms with van der Waals surface area (Å²) in [7, 11) is 1.26. The molecule has 1 aromatic heterocycles. The van der Waals surface area contributed by atoms with Crippen LogP contribution in [0.15, 0.2) is 36.8 Å². The number of rotatable bonds is 2. The number of aromatic hydroxyl groups is 1. The first-order chi connectivity index (χ1) is 8.22. The van der Waals surface area contributed by atoms with Gasteiger partial charge in [-0.25, -0.2) is 4.79 Å². The lowest BCUT2D eigenvalue weighted by Gasteiger charge is -2.05. The topological polar surface area (TPSA) is 72.3 Å². The van der Waals surface area contributed by atoms with Crippen LogP contribution in [0.25, 0.3) is 11.3 Å². The van der Waals surface area contributed by atoms with Gasteiger partial charge in [-0.15, -0.1) is 0 Å². The van der Waals surface area contributed by atoms with Gasteiger partial charge < -0.3 is 9.84 Å². The molecular weight excluding hydrogens is 220 g/mol. The van der Waals surface area contributed by atoms with Gasteiger partial charge >= 0.3 is 5.97 Å². The van der Waals surface area contributed by atoms with E-state index >= 15 is 0 Å². The second-order valence-electron chi connectivity index (χ2n) is 3.31. The summed E-state index contributed by atoms with van der Waals surface area (Å²) < 4.78 is 4.54. The number of phenols is 1. The third-order valence-corrected chi connectivity index (χ3v) is 2.26. The minimum absolute atomic E-state index is 0.125. The molecule has 1 heterocycles. The van der Waals surface area contributed by atoms with E-state index < -0.39 is 5.97 Å². The highest BCUT2D eigenvalue weighted by Gasteiger charge is 2.12. The van der Waals surface area contributed by atoms with Crippen molar-refractivity contribution in [2.24, 2.45) is 0 Å². The Labute approximate surface area is 97.7 Å². The molecule has 86 valence electrons. The van der Waals surface area contributed by atoms with Crippen molar-refractivity contribution in [1.82, 2.24) is 9.97 Å². The monoisotopic (exact) mass is 230 g/mol. The predicted octanol–water partition coefficient (Wildman–Crippen LogP) is 1.64. The van der Waals surface area contributed by atoms with Gasteiger partial charge in [0.15, 0.2) is 0 Å². The molecule has 2 rings (SSSR count). The standard InChI is InChI=1S/C12H10N2O3/c1-17-12(16)9-3-2-8(6-11(9)15)10-7-13-4-5-14-10/h2-7,15H,1H3. The number of carbonyl (C=O) groups is 1. The number of methoxy groups -OCH3 is 1. The van der Waals surface area contributed by atoms with Gasteiger partial charge in [-0.3, -0.25) is 9.97 Å². The Balaban J connectivity index is 2.41. The zero-order valence-corrected chi connectivity index (χ0v) is 9.12. The molecule has 5 heteroatoms. The maximum absolute atomic E-state index is 11.3. The molecule has 0 radical (unpaired) electrons. The van der Waals surface area contributed by atoms with E-state index in [1.54, 1.807) is 24.7 Å². The summed E-state index contributed by atoms with van der Waals surface area (Å²) in [6, 6.07) is 4.62. The second-order valence-corrected chi connectivity index (χ2v) is 3.31. The number of nitrogens with zero attached hydrogens (tertiary/aromatic N) is 2. The third-order valence-electron chi connectivity index (χ3n) is 2.26. The van der Waals surface area contributed by atoms with Crippen molar-refractivity contribution in [2.45, 2.75) is 0 Å². The Morgan fingerprint density at radius 2 is 2.18 bits per heavy atom. The number of aromatic nitrogens is 2. The number of hydrogen-bond donors (Lipinski definition) is 1. The fourth-order valence-corrected chi connectivity index (χ4v) is 1.42. The SMILES string of the molecule is COC(=O)c1ccc(-c2cnccn2)cc1O. The number of hydrogen-bond acceptors (Lipinski definition) is 5. The summed E-state index contributed by atoms with van der Waals surface area (Å²) in [6.45, 7) is 0. The van der Waals surface area contributed by atoms with Crippen LogP contribution < -0.4 is 0 Å². The van der Waals surface area contributed by atoms with Gasteiger partial charge in [0.05, 0.1) is 19.0 Å². The summed E-state index contributed by atoms with van der Waals surface area (Å²) in [6.07, 6.45) is 4.69. The van der Waals surface area contributed by atoms with Gasteiger partial charge in [-0.2, -0.15) is 0 Å². The molecule has 0 amide bonds. The van der Waals surface area contributed by atoms with E-state index in [9.17, 15) is 9.90 Å². The van der Waals surface area contributed by atoms with Gasteiger partial charge in [-0.1, -0.05) is 6.07 Å². The summed E-state index contributed by atoms with van der Waals surface area (Å²) in [4.78, 5) is 19.3. The first kappa shape index (κ1) is 11.1. The van der Waals surface area contributed by atoms with E-state index in [4.69, 9.17) is 0 Å². The second kappa shape index (κ2) is 4.61. The van der Waals surface area contributed by atoms with Crippen molar-refractivity contribution < 1.29 is 14.6 Å². The number of phenolic OH excluding ortho intramolecular Hbond substituents is 1. The van der Waals surface area contributed by atoms with Crippen LogP contribution in [0, 0.1) is 0 Å². The average molecular weight is 230 g/mol. The Kier molecular flexibility index (Phi) is 3.00. The highest BCUT2D eigenvalue weighted by Crippen LogP contribution is 2.25. The van der Waals surface area contributed by atoms with Crippen molar-refractivity contribution in [3.63, 3.8) is 0 Å². The lowest BCUT2D eigenvalue weighted by molar-refractivity contribution is 0.0597. The first-order valence-corrected chi connectivity index (χ1v) is 4.90. The van der Waals surface area contributed by atoms with Crippen LogP contribution >= 0.6 is 0 Å².